The van der Waals surface area contributed by atoms with Gasteiger partial charge in [0.15, 0.2) is 0 Å². The zero-order valence-electron chi connectivity index (χ0n) is 15.7. The number of aliphatic hydroxyl groups is 1. The van der Waals surface area contributed by atoms with Gasteiger partial charge in [0, 0.05) is 35.3 Å². The lowest BCUT2D eigenvalue weighted by molar-refractivity contribution is 0.107. The molecule has 0 fully saturated rings. The number of benzene rings is 2. The van der Waals surface area contributed by atoms with Gasteiger partial charge in [0.25, 0.3) is 0 Å². The van der Waals surface area contributed by atoms with Crippen LogP contribution in [0, 0.1) is 6.92 Å². The van der Waals surface area contributed by atoms with Crippen LogP contribution in [-0.2, 0) is 6.42 Å². The molecule has 4 rings (SSSR count). The summed E-state index contributed by atoms with van der Waals surface area (Å²) in [5.41, 5.74) is 4.90. The second-order valence-electron chi connectivity index (χ2n) is 6.90. The van der Waals surface area contributed by atoms with Crippen molar-refractivity contribution in [1.82, 2.24) is 9.97 Å². The first-order valence-corrected chi connectivity index (χ1v) is 9.35. The molecular weight excluding hydrogens is 348 g/mol. The second kappa shape index (κ2) is 8.19. The summed E-state index contributed by atoms with van der Waals surface area (Å²) < 4.78 is 5.74. The smallest absolute Gasteiger partial charge is 0.119 e. The number of fused-ring (bicyclic) bond motifs is 1. The third-order valence-corrected chi connectivity index (χ3v) is 4.67. The van der Waals surface area contributed by atoms with Crippen LogP contribution in [0.15, 0.2) is 79.1 Å². The monoisotopic (exact) mass is 370 g/mol. The normalized spacial score (nSPS) is 12.1. The summed E-state index contributed by atoms with van der Waals surface area (Å²) >= 11 is 0. The van der Waals surface area contributed by atoms with Gasteiger partial charge in [-0.1, -0.05) is 42.0 Å². The van der Waals surface area contributed by atoms with Crippen molar-refractivity contribution in [2.45, 2.75) is 19.4 Å². The van der Waals surface area contributed by atoms with Gasteiger partial charge in [-0.25, -0.2) is 0 Å². The summed E-state index contributed by atoms with van der Waals surface area (Å²) in [6.45, 7) is 2.24. The molecule has 4 aromatic rings. The van der Waals surface area contributed by atoms with Gasteiger partial charge in [0.05, 0.1) is 17.3 Å². The first-order chi connectivity index (χ1) is 13.7. The summed E-state index contributed by atoms with van der Waals surface area (Å²) in [5, 5.41) is 11.6. The molecule has 0 saturated carbocycles. The molecule has 0 aliphatic heterocycles. The van der Waals surface area contributed by atoms with Crippen molar-refractivity contribution < 1.29 is 9.84 Å². The fraction of sp³-hybridized carbons (Fsp3) is 0.167. The lowest BCUT2D eigenvalue weighted by atomic mass is 10.00. The van der Waals surface area contributed by atoms with Gasteiger partial charge in [-0.15, -0.1) is 0 Å². The third-order valence-electron chi connectivity index (χ3n) is 4.67. The highest BCUT2D eigenvalue weighted by Gasteiger charge is 2.14. The number of pyridine rings is 2. The highest BCUT2D eigenvalue weighted by molar-refractivity contribution is 5.84. The Hall–Kier alpha value is -3.24. The molecule has 0 aliphatic carbocycles. The zero-order valence-corrected chi connectivity index (χ0v) is 15.7. The van der Waals surface area contributed by atoms with Gasteiger partial charge < -0.3 is 9.84 Å². The molecule has 0 aliphatic rings. The number of para-hydroxylation sites is 1. The van der Waals surface area contributed by atoms with Crippen molar-refractivity contribution >= 4 is 10.9 Å². The van der Waals surface area contributed by atoms with Crippen molar-refractivity contribution in [2.24, 2.45) is 0 Å². The SMILES string of the molecule is Cc1ccc(OCC(O)Cc2nc3ccccc3cc2-c2cccnc2)cc1. The molecule has 1 atom stereocenters. The Balaban J connectivity index is 1.58. The van der Waals surface area contributed by atoms with Gasteiger partial charge in [-0.05, 0) is 37.3 Å². The van der Waals surface area contributed by atoms with Crippen LogP contribution in [-0.4, -0.2) is 27.8 Å². The van der Waals surface area contributed by atoms with E-state index in [-0.39, 0.29) is 6.61 Å². The van der Waals surface area contributed by atoms with Crippen LogP contribution in [0.4, 0.5) is 0 Å². The third kappa shape index (κ3) is 4.18. The number of nitrogens with zero attached hydrogens (tertiary/aromatic N) is 2. The van der Waals surface area contributed by atoms with E-state index in [2.05, 4.69) is 11.1 Å². The highest BCUT2D eigenvalue weighted by atomic mass is 16.5. The highest BCUT2D eigenvalue weighted by Crippen LogP contribution is 2.27. The number of hydrogen-bond acceptors (Lipinski definition) is 4. The van der Waals surface area contributed by atoms with Crippen molar-refractivity contribution in [3.63, 3.8) is 0 Å². The van der Waals surface area contributed by atoms with Crippen LogP contribution >= 0.6 is 0 Å². The molecule has 1 unspecified atom stereocenters. The fourth-order valence-corrected chi connectivity index (χ4v) is 3.19. The fourth-order valence-electron chi connectivity index (χ4n) is 3.19. The number of aromatic nitrogens is 2. The quantitative estimate of drug-likeness (QED) is 0.539. The van der Waals surface area contributed by atoms with Gasteiger partial charge >= 0.3 is 0 Å². The summed E-state index contributed by atoms with van der Waals surface area (Å²) in [6, 6.07) is 21.9. The standard InChI is InChI=1S/C24H22N2O2/c1-17-8-10-21(11-9-17)28-16-20(27)14-24-22(19-6-4-12-25-15-19)13-18-5-2-3-7-23(18)26-24/h2-13,15,20,27H,14,16H2,1H3. The number of aliphatic hydroxyl groups excluding tert-OH is 1. The molecule has 140 valence electrons. The van der Waals surface area contributed by atoms with E-state index in [0.29, 0.717) is 6.42 Å². The molecule has 28 heavy (non-hydrogen) atoms. The molecule has 4 heteroatoms. The first-order valence-electron chi connectivity index (χ1n) is 9.35. The van der Waals surface area contributed by atoms with E-state index in [0.717, 1.165) is 33.5 Å². The molecular formula is C24H22N2O2. The van der Waals surface area contributed by atoms with Crippen LogP contribution in [0.2, 0.25) is 0 Å². The maximum absolute atomic E-state index is 10.6. The van der Waals surface area contributed by atoms with Crippen molar-refractivity contribution in [3.8, 4) is 16.9 Å². The first kappa shape index (κ1) is 18.1. The maximum atomic E-state index is 10.6. The van der Waals surface area contributed by atoms with E-state index in [1.165, 1.54) is 5.56 Å². The van der Waals surface area contributed by atoms with E-state index in [1.807, 2.05) is 73.8 Å². The van der Waals surface area contributed by atoms with E-state index < -0.39 is 6.10 Å². The summed E-state index contributed by atoms with van der Waals surface area (Å²) in [5.74, 6) is 0.753. The number of hydrogen-bond donors (Lipinski definition) is 1. The Morgan fingerprint density at radius 1 is 1.00 bits per heavy atom. The topological polar surface area (TPSA) is 55.2 Å². The van der Waals surface area contributed by atoms with Gasteiger partial charge in [0.1, 0.15) is 12.4 Å². The molecule has 0 amide bonds. The van der Waals surface area contributed by atoms with Crippen LogP contribution in [0.3, 0.4) is 0 Å². The molecule has 2 heterocycles. The van der Waals surface area contributed by atoms with Gasteiger partial charge in [0.2, 0.25) is 0 Å². The molecule has 0 spiro atoms. The zero-order chi connectivity index (χ0) is 19.3. The van der Waals surface area contributed by atoms with E-state index in [1.54, 1.807) is 6.20 Å². The van der Waals surface area contributed by atoms with Crippen molar-refractivity contribution in [3.05, 3.63) is 90.4 Å². The minimum Gasteiger partial charge on any atom is -0.491 e. The molecule has 0 saturated heterocycles. The van der Waals surface area contributed by atoms with Crippen molar-refractivity contribution in [2.75, 3.05) is 6.61 Å². The summed E-state index contributed by atoms with van der Waals surface area (Å²) in [4.78, 5) is 9.04. The van der Waals surface area contributed by atoms with Gasteiger partial charge in [-0.2, -0.15) is 0 Å². The summed E-state index contributed by atoms with van der Waals surface area (Å²) in [6.07, 6.45) is 3.32. The Labute approximate surface area is 164 Å². The molecule has 4 nitrogen and oxygen atoms in total. The predicted octanol–water partition coefficient (Wildman–Crippen LogP) is 4.59. The Bertz CT molecular complexity index is 1060. The van der Waals surface area contributed by atoms with Crippen LogP contribution in [0.5, 0.6) is 5.75 Å². The van der Waals surface area contributed by atoms with Crippen LogP contribution < -0.4 is 4.74 Å². The van der Waals surface area contributed by atoms with E-state index in [4.69, 9.17) is 9.72 Å². The van der Waals surface area contributed by atoms with Gasteiger partial charge in [-0.3, -0.25) is 9.97 Å². The lowest BCUT2D eigenvalue weighted by Gasteiger charge is -2.15. The Kier molecular flexibility index (Phi) is 5.31. The minimum atomic E-state index is -0.662. The minimum absolute atomic E-state index is 0.212. The van der Waals surface area contributed by atoms with Crippen LogP contribution in [0.1, 0.15) is 11.3 Å². The second-order valence-corrected chi connectivity index (χ2v) is 6.90. The number of rotatable bonds is 6. The number of ether oxygens (including phenoxy) is 1. The molecule has 2 aromatic heterocycles. The van der Waals surface area contributed by atoms with E-state index in [9.17, 15) is 5.11 Å². The average molecular weight is 370 g/mol. The van der Waals surface area contributed by atoms with Crippen LogP contribution in [0.25, 0.3) is 22.0 Å². The lowest BCUT2D eigenvalue weighted by Crippen LogP contribution is -2.21. The Morgan fingerprint density at radius 2 is 1.82 bits per heavy atom. The largest absolute Gasteiger partial charge is 0.491 e. The van der Waals surface area contributed by atoms with Crippen molar-refractivity contribution in [1.29, 1.82) is 0 Å². The number of aryl methyl sites for hydroxylation is 1. The molecule has 0 radical (unpaired) electrons. The predicted molar refractivity (Wildman–Crippen MR) is 111 cm³/mol. The summed E-state index contributed by atoms with van der Waals surface area (Å²) in [7, 11) is 0. The Morgan fingerprint density at radius 3 is 2.61 bits per heavy atom. The molecule has 2 aromatic carbocycles. The molecule has 0 bridgehead atoms. The average Bonchev–Trinajstić information content (AvgIpc) is 2.73. The molecule has 1 N–H and O–H groups in total. The van der Waals surface area contributed by atoms with E-state index >= 15 is 0 Å². The maximum Gasteiger partial charge on any atom is 0.119 e.